The van der Waals surface area contributed by atoms with Gasteiger partial charge in [-0.3, -0.25) is 4.79 Å². The van der Waals surface area contributed by atoms with Gasteiger partial charge in [0.1, 0.15) is 17.1 Å². The molecule has 0 spiro atoms. The Labute approximate surface area is 155 Å². The van der Waals surface area contributed by atoms with E-state index in [1.807, 2.05) is 39.0 Å². The van der Waals surface area contributed by atoms with Crippen molar-refractivity contribution in [2.24, 2.45) is 0 Å². The molecule has 0 atom stereocenters. The van der Waals surface area contributed by atoms with Gasteiger partial charge in [0.15, 0.2) is 6.61 Å². The predicted octanol–water partition coefficient (Wildman–Crippen LogP) is 4.02. The third-order valence-electron chi connectivity index (χ3n) is 4.84. The minimum atomic E-state index is -0.151. The number of rotatable bonds is 5. The molecule has 0 aromatic heterocycles. The number of carbonyl (C=O) groups is 1. The zero-order chi connectivity index (χ0) is 18.9. The van der Waals surface area contributed by atoms with Gasteiger partial charge in [-0.25, -0.2) is 0 Å². The van der Waals surface area contributed by atoms with Crippen molar-refractivity contribution >= 4 is 5.91 Å². The Bertz CT molecular complexity index is 840. The molecule has 1 heterocycles. The number of hydrogen-bond acceptors (Lipinski definition) is 3. The van der Waals surface area contributed by atoms with Crippen LogP contribution < -0.4 is 14.8 Å². The van der Waals surface area contributed by atoms with Gasteiger partial charge in [-0.15, -0.1) is 0 Å². The van der Waals surface area contributed by atoms with Gasteiger partial charge in [0.05, 0.1) is 0 Å². The molecule has 3 rings (SSSR count). The average molecular weight is 353 g/mol. The van der Waals surface area contributed by atoms with Gasteiger partial charge in [0, 0.05) is 13.0 Å². The first-order chi connectivity index (χ1) is 12.2. The first-order valence-corrected chi connectivity index (χ1v) is 9.02. The first kappa shape index (κ1) is 18.3. The lowest BCUT2D eigenvalue weighted by atomic mass is 10.0. The molecular formula is C22H27NO3. The summed E-state index contributed by atoms with van der Waals surface area (Å²) in [6.45, 7) is 10.7. The predicted molar refractivity (Wildman–Crippen MR) is 103 cm³/mol. The lowest BCUT2D eigenvalue weighted by Crippen LogP contribution is -2.28. The normalized spacial score (nSPS) is 14.5. The zero-order valence-electron chi connectivity index (χ0n) is 16.2. The number of amides is 1. The van der Waals surface area contributed by atoms with Gasteiger partial charge >= 0.3 is 0 Å². The largest absolute Gasteiger partial charge is 0.487 e. The summed E-state index contributed by atoms with van der Waals surface area (Å²) in [4.78, 5) is 12.2. The van der Waals surface area contributed by atoms with E-state index in [1.165, 1.54) is 5.56 Å². The van der Waals surface area contributed by atoms with E-state index in [-0.39, 0.29) is 18.1 Å². The number of fused-ring (bicyclic) bond motifs is 1. The fraction of sp³-hybridized carbons (Fsp3) is 0.409. The third kappa shape index (κ3) is 4.01. The van der Waals surface area contributed by atoms with E-state index in [0.29, 0.717) is 6.54 Å². The molecule has 26 heavy (non-hydrogen) atoms. The Morgan fingerprint density at radius 2 is 1.88 bits per heavy atom. The highest BCUT2D eigenvalue weighted by molar-refractivity contribution is 5.77. The molecule has 0 fully saturated rings. The maximum Gasteiger partial charge on any atom is 0.258 e. The van der Waals surface area contributed by atoms with Crippen molar-refractivity contribution in [1.29, 1.82) is 0 Å². The number of benzene rings is 2. The van der Waals surface area contributed by atoms with Gasteiger partial charge < -0.3 is 14.8 Å². The summed E-state index contributed by atoms with van der Waals surface area (Å²) in [6, 6.07) is 10.2. The van der Waals surface area contributed by atoms with Gasteiger partial charge in [-0.05, 0) is 68.5 Å². The van der Waals surface area contributed by atoms with Crippen LogP contribution in [0.4, 0.5) is 0 Å². The quantitative estimate of drug-likeness (QED) is 0.883. The fourth-order valence-corrected chi connectivity index (χ4v) is 3.31. The van der Waals surface area contributed by atoms with Gasteiger partial charge in [-0.1, -0.05) is 24.3 Å². The minimum absolute atomic E-state index is 0.0201. The maximum atomic E-state index is 12.2. The number of hydrogen-bond donors (Lipinski definition) is 1. The smallest absolute Gasteiger partial charge is 0.258 e. The van der Waals surface area contributed by atoms with Crippen LogP contribution in [0.25, 0.3) is 0 Å². The lowest BCUT2D eigenvalue weighted by molar-refractivity contribution is -0.123. The van der Waals surface area contributed by atoms with Crippen molar-refractivity contribution in [3.8, 4) is 11.5 Å². The summed E-state index contributed by atoms with van der Waals surface area (Å²) in [5.74, 6) is 1.62. The van der Waals surface area contributed by atoms with Crippen molar-refractivity contribution < 1.29 is 14.3 Å². The van der Waals surface area contributed by atoms with Crippen molar-refractivity contribution in [2.75, 3.05) is 6.61 Å². The molecule has 4 nitrogen and oxygen atoms in total. The van der Waals surface area contributed by atoms with E-state index in [9.17, 15) is 4.79 Å². The second kappa shape index (κ2) is 7.02. The van der Waals surface area contributed by atoms with Crippen LogP contribution in [0, 0.1) is 20.8 Å². The molecule has 1 aliphatic heterocycles. The van der Waals surface area contributed by atoms with Crippen LogP contribution in [0.5, 0.6) is 11.5 Å². The Balaban J connectivity index is 1.55. The zero-order valence-corrected chi connectivity index (χ0v) is 16.2. The van der Waals surface area contributed by atoms with E-state index in [1.54, 1.807) is 0 Å². The maximum absolute atomic E-state index is 12.2. The van der Waals surface area contributed by atoms with Crippen LogP contribution in [-0.4, -0.2) is 18.1 Å². The van der Waals surface area contributed by atoms with Crippen LogP contribution in [0.15, 0.2) is 30.3 Å². The summed E-state index contributed by atoms with van der Waals surface area (Å²) in [6.07, 6.45) is 0.888. The van der Waals surface area contributed by atoms with E-state index in [4.69, 9.17) is 9.47 Å². The first-order valence-electron chi connectivity index (χ1n) is 9.02. The molecule has 1 amide bonds. The number of nitrogens with one attached hydrogen (secondary N) is 1. The van der Waals surface area contributed by atoms with Crippen LogP contribution in [0.1, 0.15) is 41.7 Å². The Kier molecular flexibility index (Phi) is 4.94. The van der Waals surface area contributed by atoms with E-state index >= 15 is 0 Å². The molecule has 0 radical (unpaired) electrons. The monoisotopic (exact) mass is 353 g/mol. The van der Waals surface area contributed by atoms with Crippen LogP contribution >= 0.6 is 0 Å². The number of ether oxygens (including phenoxy) is 2. The molecule has 0 unspecified atom stereocenters. The summed E-state index contributed by atoms with van der Waals surface area (Å²) in [7, 11) is 0. The molecule has 1 aliphatic rings. The third-order valence-corrected chi connectivity index (χ3v) is 4.84. The van der Waals surface area contributed by atoms with E-state index in [2.05, 4.69) is 31.3 Å². The minimum Gasteiger partial charge on any atom is -0.487 e. The Hall–Kier alpha value is -2.49. The van der Waals surface area contributed by atoms with Gasteiger partial charge in [0.2, 0.25) is 0 Å². The molecule has 2 aromatic carbocycles. The second-order valence-electron chi connectivity index (χ2n) is 7.70. The van der Waals surface area contributed by atoms with Crippen molar-refractivity contribution in [3.63, 3.8) is 0 Å². The molecule has 2 aromatic rings. The number of carbonyl (C=O) groups excluding carboxylic acids is 1. The molecule has 0 bridgehead atoms. The Morgan fingerprint density at radius 1 is 1.15 bits per heavy atom. The molecule has 138 valence electrons. The summed E-state index contributed by atoms with van der Waals surface area (Å²) in [5, 5.41) is 2.93. The van der Waals surface area contributed by atoms with Gasteiger partial charge in [-0.2, -0.15) is 0 Å². The molecular weight excluding hydrogens is 326 g/mol. The highest BCUT2D eigenvalue weighted by atomic mass is 16.5. The van der Waals surface area contributed by atoms with Crippen LogP contribution in [0.3, 0.4) is 0 Å². The standard InChI is InChI=1S/C22H27NO3/c1-14-6-7-15(2)21(16(14)3)25-13-20(24)23-12-17-8-9-19-18(10-17)11-22(4,5)26-19/h6-10H,11-13H2,1-5H3,(H,23,24). The molecule has 1 N–H and O–H groups in total. The highest BCUT2D eigenvalue weighted by Gasteiger charge is 2.29. The van der Waals surface area contributed by atoms with Crippen molar-refractivity contribution in [3.05, 3.63) is 58.1 Å². The fourth-order valence-electron chi connectivity index (χ4n) is 3.31. The van der Waals surface area contributed by atoms with Crippen molar-refractivity contribution in [1.82, 2.24) is 5.32 Å². The average Bonchev–Trinajstić information content (AvgIpc) is 2.89. The SMILES string of the molecule is Cc1ccc(C)c(OCC(=O)NCc2ccc3c(c2)CC(C)(C)O3)c1C. The summed E-state index contributed by atoms with van der Waals surface area (Å²) in [5.41, 5.74) is 5.41. The van der Waals surface area contributed by atoms with E-state index < -0.39 is 0 Å². The second-order valence-corrected chi connectivity index (χ2v) is 7.70. The summed E-state index contributed by atoms with van der Waals surface area (Å²) < 4.78 is 11.7. The van der Waals surface area contributed by atoms with Gasteiger partial charge in [0.25, 0.3) is 5.91 Å². The molecule has 0 saturated heterocycles. The van der Waals surface area contributed by atoms with Crippen molar-refractivity contribution in [2.45, 2.75) is 53.2 Å². The molecule has 0 aliphatic carbocycles. The van der Waals surface area contributed by atoms with Crippen LogP contribution in [-0.2, 0) is 17.8 Å². The molecule has 4 heteroatoms. The molecule has 0 saturated carbocycles. The number of aryl methyl sites for hydroxylation is 2. The topological polar surface area (TPSA) is 47.6 Å². The van der Waals surface area contributed by atoms with Crippen LogP contribution in [0.2, 0.25) is 0 Å². The lowest BCUT2D eigenvalue weighted by Gasteiger charge is -2.16. The highest BCUT2D eigenvalue weighted by Crippen LogP contribution is 2.35. The summed E-state index contributed by atoms with van der Waals surface area (Å²) >= 11 is 0. The van der Waals surface area contributed by atoms with E-state index in [0.717, 1.165) is 40.2 Å². The Morgan fingerprint density at radius 3 is 2.65 bits per heavy atom.